The van der Waals surface area contributed by atoms with Crippen LogP contribution >= 0.6 is 27.3 Å². The molecule has 1 aliphatic heterocycles. The minimum atomic E-state index is 0.502. The number of hydrogen-bond donors (Lipinski definition) is 1. The predicted molar refractivity (Wildman–Crippen MR) is 81.2 cm³/mol. The van der Waals surface area contributed by atoms with Gasteiger partial charge >= 0.3 is 0 Å². The van der Waals surface area contributed by atoms with Crippen molar-refractivity contribution in [3.63, 3.8) is 0 Å². The fourth-order valence-corrected chi connectivity index (χ4v) is 4.21. The van der Waals surface area contributed by atoms with E-state index in [1.54, 1.807) is 0 Å². The summed E-state index contributed by atoms with van der Waals surface area (Å²) in [6.45, 7) is 5.20. The molecule has 0 amide bonds. The SMILES string of the molecule is CCCNC(CC1CCOCC1)c1sccc1Br. The van der Waals surface area contributed by atoms with Gasteiger partial charge < -0.3 is 10.1 Å². The zero-order valence-corrected chi connectivity index (χ0v) is 13.4. The monoisotopic (exact) mass is 331 g/mol. The lowest BCUT2D eigenvalue weighted by Gasteiger charge is -2.27. The molecule has 102 valence electrons. The van der Waals surface area contributed by atoms with E-state index < -0.39 is 0 Å². The van der Waals surface area contributed by atoms with Gasteiger partial charge in [0.15, 0.2) is 0 Å². The minimum absolute atomic E-state index is 0.502. The maximum atomic E-state index is 5.45. The Bertz CT molecular complexity index is 349. The summed E-state index contributed by atoms with van der Waals surface area (Å²) in [6, 6.07) is 2.66. The Kier molecular flexibility index (Phi) is 6.15. The van der Waals surface area contributed by atoms with Gasteiger partial charge in [-0.1, -0.05) is 6.92 Å². The molecule has 1 aliphatic rings. The third-order valence-corrected chi connectivity index (χ3v) is 5.50. The Morgan fingerprint density at radius 1 is 1.50 bits per heavy atom. The van der Waals surface area contributed by atoms with Crippen molar-refractivity contribution < 1.29 is 4.74 Å². The molecule has 1 unspecified atom stereocenters. The van der Waals surface area contributed by atoms with Crippen LogP contribution in [0.2, 0.25) is 0 Å². The average molecular weight is 332 g/mol. The number of thiophene rings is 1. The summed E-state index contributed by atoms with van der Waals surface area (Å²) in [5, 5.41) is 5.87. The quantitative estimate of drug-likeness (QED) is 0.835. The largest absolute Gasteiger partial charge is 0.381 e. The second-order valence-corrected chi connectivity index (χ2v) is 6.73. The lowest BCUT2D eigenvalue weighted by molar-refractivity contribution is 0.0606. The summed E-state index contributed by atoms with van der Waals surface area (Å²) >= 11 is 5.53. The number of ether oxygens (including phenoxy) is 1. The van der Waals surface area contributed by atoms with Gasteiger partial charge in [-0.05, 0) is 65.5 Å². The van der Waals surface area contributed by atoms with E-state index in [1.165, 1.54) is 35.0 Å². The summed E-state index contributed by atoms with van der Waals surface area (Å²) in [4.78, 5) is 1.45. The fourth-order valence-electron chi connectivity index (χ4n) is 2.47. The normalized spacial score (nSPS) is 19.0. The van der Waals surface area contributed by atoms with Crippen LogP contribution in [0.5, 0.6) is 0 Å². The Labute approximate surface area is 122 Å². The third-order valence-electron chi connectivity index (χ3n) is 3.51. The van der Waals surface area contributed by atoms with Crippen molar-refractivity contribution in [1.29, 1.82) is 0 Å². The number of rotatable bonds is 6. The number of hydrogen-bond acceptors (Lipinski definition) is 3. The van der Waals surface area contributed by atoms with Crippen LogP contribution < -0.4 is 5.32 Å². The Morgan fingerprint density at radius 3 is 2.89 bits per heavy atom. The molecule has 0 spiro atoms. The molecule has 1 atom stereocenters. The fraction of sp³-hybridized carbons (Fsp3) is 0.714. The average Bonchev–Trinajstić information content (AvgIpc) is 2.82. The van der Waals surface area contributed by atoms with E-state index >= 15 is 0 Å². The molecular formula is C14H22BrNOS. The first-order valence-electron chi connectivity index (χ1n) is 6.85. The van der Waals surface area contributed by atoms with Gasteiger partial charge in [0.25, 0.3) is 0 Å². The first kappa shape index (κ1) is 14.5. The maximum Gasteiger partial charge on any atom is 0.0468 e. The van der Waals surface area contributed by atoms with Crippen molar-refractivity contribution in [3.05, 3.63) is 20.8 Å². The highest BCUT2D eigenvalue weighted by Crippen LogP contribution is 2.34. The molecule has 18 heavy (non-hydrogen) atoms. The summed E-state index contributed by atoms with van der Waals surface area (Å²) in [5.74, 6) is 0.808. The van der Waals surface area contributed by atoms with Crippen LogP contribution in [0, 0.1) is 5.92 Å². The summed E-state index contributed by atoms with van der Waals surface area (Å²) in [5.41, 5.74) is 0. The van der Waals surface area contributed by atoms with Gasteiger partial charge in [0.05, 0.1) is 0 Å². The van der Waals surface area contributed by atoms with E-state index in [4.69, 9.17) is 4.74 Å². The molecule has 0 saturated carbocycles. The molecular weight excluding hydrogens is 310 g/mol. The Balaban J connectivity index is 1.98. The first-order chi connectivity index (χ1) is 8.81. The van der Waals surface area contributed by atoms with E-state index in [1.807, 2.05) is 11.3 Å². The smallest absolute Gasteiger partial charge is 0.0468 e. The van der Waals surface area contributed by atoms with E-state index in [2.05, 4.69) is 39.6 Å². The molecule has 1 N–H and O–H groups in total. The van der Waals surface area contributed by atoms with E-state index in [9.17, 15) is 0 Å². The van der Waals surface area contributed by atoms with E-state index in [0.29, 0.717) is 6.04 Å². The van der Waals surface area contributed by atoms with Crippen LogP contribution in [0.1, 0.15) is 43.5 Å². The highest BCUT2D eigenvalue weighted by molar-refractivity contribution is 9.10. The maximum absolute atomic E-state index is 5.45. The third kappa shape index (κ3) is 4.05. The molecule has 1 aromatic rings. The van der Waals surface area contributed by atoms with E-state index in [-0.39, 0.29) is 0 Å². The minimum Gasteiger partial charge on any atom is -0.381 e. The zero-order chi connectivity index (χ0) is 12.8. The molecule has 0 aromatic carbocycles. The molecule has 0 radical (unpaired) electrons. The van der Waals surface area contributed by atoms with Crippen molar-refractivity contribution >= 4 is 27.3 Å². The van der Waals surface area contributed by atoms with Gasteiger partial charge in [-0.3, -0.25) is 0 Å². The van der Waals surface area contributed by atoms with Gasteiger partial charge in [-0.15, -0.1) is 11.3 Å². The van der Waals surface area contributed by atoms with Crippen LogP contribution in [0.4, 0.5) is 0 Å². The molecule has 1 aromatic heterocycles. The predicted octanol–water partition coefficient (Wildman–Crippen LogP) is 4.37. The van der Waals surface area contributed by atoms with Gasteiger partial charge in [0, 0.05) is 28.6 Å². The van der Waals surface area contributed by atoms with Crippen LogP contribution in [0.3, 0.4) is 0 Å². The van der Waals surface area contributed by atoms with Crippen LogP contribution in [0.15, 0.2) is 15.9 Å². The van der Waals surface area contributed by atoms with E-state index in [0.717, 1.165) is 25.7 Å². The van der Waals surface area contributed by atoms with Gasteiger partial charge in [-0.2, -0.15) is 0 Å². The summed E-state index contributed by atoms with van der Waals surface area (Å²) < 4.78 is 6.71. The summed E-state index contributed by atoms with van der Waals surface area (Å²) in [6.07, 6.45) is 4.86. The lowest BCUT2D eigenvalue weighted by Crippen LogP contribution is -2.26. The second-order valence-electron chi connectivity index (χ2n) is 4.93. The van der Waals surface area contributed by atoms with Crippen molar-refractivity contribution in [2.75, 3.05) is 19.8 Å². The molecule has 1 saturated heterocycles. The first-order valence-corrected chi connectivity index (χ1v) is 8.52. The van der Waals surface area contributed by atoms with Crippen molar-refractivity contribution in [1.82, 2.24) is 5.32 Å². The highest BCUT2D eigenvalue weighted by Gasteiger charge is 2.22. The molecule has 4 heteroatoms. The van der Waals surface area contributed by atoms with Crippen LogP contribution in [-0.2, 0) is 4.74 Å². The Morgan fingerprint density at radius 2 is 2.28 bits per heavy atom. The highest BCUT2D eigenvalue weighted by atomic mass is 79.9. The van der Waals surface area contributed by atoms with Crippen LogP contribution in [0.25, 0.3) is 0 Å². The lowest BCUT2D eigenvalue weighted by atomic mass is 9.92. The van der Waals surface area contributed by atoms with Crippen molar-refractivity contribution in [3.8, 4) is 0 Å². The zero-order valence-electron chi connectivity index (χ0n) is 11.0. The Hall–Kier alpha value is 0.100. The molecule has 0 aliphatic carbocycles. The molecule has 2 heterocycles. The standard InChI is InChI=1S/C14H22BrNOS/c1-2-6-16-13(14-12(15)5-9-18-14)10-11-3-7-17-8-4-11/h5,9,11,13,16H,2-4,6-8,10H2,1H3. The van der Waals surface area contributed by atoms with Crippen LogP contribution in [-0.4, -0.2) is 19.8 Å². The van der Waals surface area contributed by atoms with Gasteiger partial charge in [0.2, 0.25) is 0 Å². The molecule has 0 bridgehead atoms. The molecule has 1 fully saturated rings. The summed E-state index contributed by atoms with van der Waals surface area (Å²) in [7, 11) is 0. The molecule has 2 rings (SSSR count). The topological polar surface area (TPSA) is 21.3 Å². The second kappa shape index (κ2) is 7.63. The van der Waals surface area contributed by atoms with Gasteiger partial charge in [0.1, 0.15) is 0 Å². The molecule has 2 nitrogen and oxygen atoms in total. The van der Waals surface area contributed by atoms with Crippen molar-refractivity contribution in [2.45, 2.75) is 38.6 Å². The van der Waals surface area contributed by atoms with Gasteiger partial charge in [-0.25, -0.2) is 0 Å². The van der Waals surface area contributed by atoms with Crippen molar-refractivity contribution in [2.24, 2.45) is 5.92 Å². The number of nitrogens with one attached hydrogen (secondary N) is 1. The number of halogens is 1.